The molecular weight excluding hydrogens is 432 g/mol. The van der Waals surface area contributed by atoms with Crippen LogP contribution in [0.25, 0.3) is 0 Å². The molecule has 186 valence electrons. The molecule has 1 heterocycles. The highest BCUT2D eigenvalue weighted by molar-refractivity contribution is 6.13. The number of hydrogen-bond donors (Lipinski definition) is 4. The fourth-order valence-electron chi connectivity index (χ4n) is 3.97. The highest BCUT2D eigenvalue weighted by Crippen LogP contribution is 2.27. The second-order valence-corrected chi connectivity index (χ2v) is 8.75. The lowest BCUT2D eigenvalue weighted by atomic mass is 9.85. The Bertz CT molecular complexity index is 864. The number of hydrogen-bond acceptors (Lipinski definition) is 7. The molecule has 0 unspecified atom stereocenters. The average molecular weight is 471 g/mol. The van der Waals surface area contributed by atoms with Crippen LogP contribution in [0.15, 0.2) is 41.0 Å². The van der Waals surface area contributed by atoms with Crippen LogP contribution in [-0.2, 0) is 15.0 Å². The molecule has 0 radical (unpaired) electrons. The van der Waals surface area contributed by atoms with Crippen molar-refractivity contribution in [1.29, 1.82) is 5.26 Å². The number of carbonyl (C=O) groups excluding carboxylic acids is 1. The van der Waals surface area contributed by atoms with Gasteiger partial charge in [0.05, 0.1) is 16.7 Å². The van der Waals surface area contributed by atoms with Crippen molar-refractivity contribution in [3.05, 3.63) is 41.6 Å². The van der Waals surface area contributed by atoms with E-state index in [0.29, 0.717) is 35.2 Å². The van der Waals surface area contributed by atoms with Crippen molar-refractivity contribution in [1.82, 2.24) is 10.2 Å². The molecule has 2 aliphatic rings. The van der Waals surface area contributed by atoms with Gasteiger partial charge in [0.15, 0.2) is 6.29 Å². The molecular formula is C25H38N6O3. The van der Waals surface area contributed by atoms with Gasteiger partial charge in [-0.3, -0.25) is 9.59 Å². The number of carbonyl (C=O) groups is 2. The standard InChI is InChI=1S/C23H32N4O3.CH5N.CHN/c1-23(2,22(29)30)17-4-6-19(7-5-17)26-21(24)16(15-28)14-25-18-8-10-20(11-9-18)27-12-3-13-27;2*1-2/h4-7,14-15,18,20,25H,3,8-13H2,1-2H3,(H2,24,26)(H,29,30);2H2,1H3;1H/b16-14-;;. The van der Waals surface area contributed by atoms with E-state index in [-0.39, 0.29) is 5.84 Å². The fourth-order valence-corrected chi connectivity index (χ4v) is 3.97. The van der Waals surface area contributed by atoms with Gasteiger partial charge < -0.3 is 26.8 Å². The van der Waals surface area contributed by atoms with Gasteiger partial charge in [-0.05, 0) is 83.8 Å². The van der Waals surface area contributed by atoms with E-state index < -0.39 is 11.4 Å². The molecule has 1 aliphatic heterocycles. The number of carboxylic acid groups (broad SMARTS) is 1. The molecule has 0 aromatic heterocycles. The van der Waals surface area contributed by atoms with Crippen molar-refractivity contribution in [3.63, 3.8) is 0 Å². The topological polar surface area (TPSA) is 158 Å². The van der Waals surface area contributed by atoms with E-state index >= 15 is 0 Å². The SMILES string of the molecule is C#N.CC(C)(C(=O)O)c1ccc(N=C(N)/C(C=O)=C\NC2CCC(N3CCC3)CC2)cc1.CN. The minimum absolute atomic E-state index is 0.136. The number of nitrogens with one attached hydrogen (secondary N) is 1. The van der Waals surface area contributed by atoms with Crippen molar-refractivity contribution >= 4 is 23.8 Å². The Kier molecular flexibility index (Phi) is 12.0. The van der Waals surface area contributed by atoms with Crippen LogP contribution in [0.4, 0.5) is 5.69 Å². The van der Waals surface area contributed by atoms with Gasteiger partial charge >= 0.3 is 5.97 Å². The van der Waals surface area contributed by atoms with Crippen LogP contribution in [0.5, 0.6) is 0 Å². The summed E-state index contributed by atoms with van der Waals surface area (Å²) in [5, 5.41) is 19.2. The van der Waals surface area contributed by atoms with E-state index in [9.17, 15) is 14.7 Å². The first kappa shape index (κ1) is 28.8. The monoisotopic (exact) mass is 470 g/mol. The molecule has 1 aromatic carbocycles. The lowest BCUT2D eigenvalue weighted by molar-refractivity contribution is -0.142. The third-order valence-corrected chi connectivity index (χ3v) is 6.37. The van der Waals surface area contributed by atoms with Crippen LogP contribution in [0.3, 0.4) is 0 Å². The summed E-state index contributed by atoms with van der Waals surface area (Å²) in [6, 6.07) is 7.92. The van der Waals surface area contributed by atoms with Gasteiger partial charge in [0.1, 0.15) is 5.84 Å². The summed E-state index contributed by atoms with van der Waals surface area (Å²) in [6.07, 6.45) is 8.24. The van der Waals surface area contributed by atoms with Crippen molar-refractivity contribution in [2.24, 2.45) is 16.5 Å². The minimum atomic E-state index is -0.986. The molecule has 1 saturated carbocycles. The Morgan fingerprint density at radius 1 is 1.18 bits per heavy atom. The first-order valence-corrected chi connectivity index (χ1v) is 11.5. The predicted octanol–water partition coefficient (Wildman–Crippen LogP) is 2.44. The molecule has 0 atom stereocenters. The van der Waals surface area contributed by atoms with Crippen LogP contribution < -0.4 is 16.8 Å². The Morgan fingerprint density at radius 3 is 2.18 bits per heavy atom. The van der Waals surface area contributed by atoms with Gasteiger partial charge in [-0.1, -0.05) is 12.1 Å². The zero-order valence-corrected chi connectivity index (χ0v) is 20.4. The summed E-state index contributed by atoms with van der Waals surface area (Å²) in [5.74, 6) is -0.758. The Hall–Kier alpha value is -3.22. The van der Waals surface area contributed by atoms with E-state index in [1.54, 1.807) is 44.3 Å². The Balaban J connectivity index is 0.00000137. The fraction of sp³-hybridized carbons (Fsp3) is 0.520. The van der Waals surface area contributed by atoms with E-state index in [4.69, 9.17) is 11.0 Å². The number of likely N-dealkylation sites (tertiary alicyclic amines) is 1. The first-order chi connectivity index (χ1) is 16.3. The molecule has 1 aromatic rings. The zero-order valence-electron chi connectivity index (χ0n) is 20.4. The molecule has 2 fully saturated rings. The van der Waals surface area contributed by atoms with Crippen molar-refractivity contribution in [2.75, 3.05) is 20.1 Å². The molecule has 1 saturated heterocycles. The average Bonchev–Trinajstić information content (AvgIpc) is 2.82. The van der Waals surface area contributed by atoms with Gasteiger partial charge in [0.2, 0.25) is 0 Å². The highest BCUT2D eigenvalue weighted by Gasteiger charge is 2.29. The zero-order chi connectivity index (χ0) is 25.7. The summed E-state index contributed by atoms with van der Waals surface area (Å²) >= 11 is 0. The van der Waals surface area contributed by atoms with Crippen LogP contribution in [0.1, 0.15) is 51.5 Å². The number of aliphatic imine (C=N–C) groups is 1. The smallest absolute Gasteiger partial charge is 0.313 e. The summed E-state index contributed by atoms with van der Waals surface area (Å²) in [7, 11) is 1.50. The van der Waals surface area contributed by atoms with E-state index in [2.05, 4.69) is 27.5 Å². The second-order valence-electron chi connectivity index (χ2n) is 8.75. The number of nitrogens with two attached hydrogens (primary N) is 2. The number of carboxylic acids is 1. The number of nitrogens with zero attached hydrogens (tertiary/aromatic N) is 3. The third kappa shape index (κ3) is 7.68. The van der Waals surface area contributed by atoms with Crippen molar-refractivity contribution in [2.45, 2.75) is 63.5 Å². The highest BCUT2D eigenvalue weighted by atomic mass is 16.4. The molecule has 34 heavy (non-hydrogen) atoms. The summed E-state index contributed by atoms with van der Waals surface area (Å²) < 4.78 is 0. The molecule has 9 nitrogen and oxygen atoms in total. The normalized spacial score (nSPS) is 21.0. The number of benzene rings is 1. The van der Waals surface area contributed by atoms with Gasteiger partial charge in [0.25, 0.3) is 0 Å². The van der Waals surface area contributed by atoms with E-state index in [0.717, 1.165) is 12.8 Å². The number of amidine groups is 1. The summed E-state index contributed by atoms with van der Waals surface area (Å²) in [4.78, 5) is 29.8. The molecule has 1 aliphatic carbocycles. The molecule has 0 spiro atoms. The van der Waals surface area contributed by atoms with Crippen LogP contribution in [-0.4, -0.2) is 60.3 Å². The molecule has 9 heteroatoms. The molecule has 6 N–H and O–H groups in total. The minimum Gasteiger partial charge on any atom is -0.481 e. The van der Waals surface area contributed by atoms with Gasteiger partial charge in [0, 0.05) is 24.9 Å². The van der Waals surface area contributed by atoms with Crippen LogP contribution in [0, 0.1) is 11.8 Å². The Labute approximate surface area is 202 Å². The predicted molar refractivity (Wildman–Crippen MR) is 135 cm³/mol. The lowest BCUT2D eigenvalue weighted by Crippen LogP contribution is -2.48. The number of aliphatic carboxylic acids is 1. The quantitative estimate of drug-likeness (QED) is 0.195. The first-order valence-electron chi connectivity index (χ1n) is 11.5. The van der Waals surface area contributed by atoms with Crippen molar-refractivity contribution in [3.8, 4) is 6.57 Å². The summed E-state index contributed by atoms with van der Waals surface area (Å²) in [5.41, 5.74) is 11.1. The summed E-state index contributed by atoms with van der Waals surface area (Å²) in [6.45, 7) is 9.27. The molecule has 0 amide bonds. The van der Waals surface area contributed by atoms with Crippen LogP contribution >= 0.6 is 0 Å². The second kappa shape index (κ2) is 14.1. The number of aldehydes is 1. The number of rotatable bonds is 8. The maximum atomic E-state index is 11.5. The largest absolute Gasteiger partial charge is 0.481 e. The van der Waals surface area contributed by atoms with Gasteiger partial charge in [-0.2, -0.15) is 0 Å². The van der Waals surface area contributed by atoms with Crippen LogP contribution in [0.2, 0.25) is 0 Å². The van der Waals surface area contributed by atoms with E-state index in [1.165, 1.54) is 39.4 Å². The third-order valence-electron chi connectivity index (χ3n) is 6.37. The molecule has 0 bridgehead atoms. The lowest BCUT2D eigenvalue weighted by Gasteiger charge is -2.42. The number of nitriles is 1. The Morgan fingerprint density at radius 2 is 1.74 bits per heavy atom. The maximum Gasteiger partial charge on any atom is 0.313 e. The molecule has 3 rings (SSSR count). The maximum absolute atomic E-state index is 11.5. The van der Waals surface area contributed by atoms with E-state index in [1.807, 2.05) is 0 Å². The van der Waals surface area contributed by atoms with Gasteiger partial charge in [-0.25, -0.2) is 10.3 Å². The van der Waals surface area contributed by atoms with Crippen molar-refractivity contribution < 1.29 is 14.7 Å². The van der Waals surface area contributed by atoms with Gasteiger partial charge in [-0.15, -0.1) is 0 Å².